The van der Waals surface area contributed by atoms with Crippen LogP contribution in [0.15, 0.2) is 54.7 Å². The SMILES string of the molecule is CC(C)N(c1nn(-c2ccc(N3Cc4ccccc4C3=O)cc2)cc1C(=O)O)C(=O)[C@H]1CC[C@H](C)CC1. The van der Waals surface area contributed by atoms with E-state index in [9.17, 15) is 19.5 Å². The molecule has 8 heteroatoms. The minimum atomic E-state index is -1.13. The molecule has 3 aromatic rings. The number of nitrogens with zero attached hydrogens (tertiary/aromatic N) is 4. The number of carboxylic acid groups (broad SMARTS) is 1. The molecule has 2 amide bonds. The van der Waals surface area contributed by atoms with Crippen LogP contribution < -0.4 is 9.80 Å². The van der Waals surface area contributed by atoms with E-state index in [1.807, 2.05) is 50.2 Å². The molecule has 0 atom stereocenters. The highest BCUT2D eigenvalue weighted by atomic mass is 16.4. The number of anilines is 2. The van der Waals surface area contributed by atoms with Crippen LogP contribution in [0.5, 0.6) is 0 Å². The van der Waals surface area contributed by atoms with E-state index in [4.69, 9.17) is 0 Å². The van der Waals surface area contributed by atoms with Crippen molar-refractivity contribution in [1.82, 2.24) is 9.78 Å². The van der Waals surface area contributed by atoms with Crippen molar-refractivity contribution in [2.45, 2.75) is 59.0 Å². The molecule has 1 saturated carbocycles. The minimum absolute atomic E-state index is 0.0134. The summed E-state index contributed by atoms with van der Waals surface area (Å²) in [6, 6.07) is 14.6. The second kappa shape index (κ2) is 9.84. The number of benzene rings is 2. The Bertz CT molecular complexity index is 1340. The second-order valence-corrected chi connectivity index (χ2v) is 10.4. The Morgan fingerprint density at radius 2 is 1.65 bits per heavy atom. The molecule has 2 aliphatic rings. The molecule has 0 bridgehead atoms. The first-order valence-electron chi connectivity index (χ1n) is 12.9. The summed E-state index contributed by atoms with van der Waals surface area (Å²) in [5, 5.41) is 14.5. The van der Waals surface area contributed by atoms with Gasteiger partial charge in [0.15, 0.2) is 5.82 Å². The number of aromatic carboxylic acids is 1. The molecule has 2 aromatic carbocycles. The summed E-state index contributed by atoms with van der Waals surface area (Å²) in [7, 11) is 0. The molecule has 0 radical (unpaired) electrons. The molecular formula is C29H32N4O4. The van der Waals surface area contributed by atoms with Gasteiger partial charge in [-0.3, -0.25) is 14.5 Å². The number of carbonyl (C=O) groups excluding carboxylic acids is 2. The molecule has 192 valence electrons. The van der Waals surface area contributed by atoms with Gasteiger partial charge in [0.1, 0.15) is 5.56 Å². The fourth-order valence-electron chi connectivity index (χ4n) is 5.38. The number of hydrogen-bond donors (Lipinski definition) is 1. The number of fused-ring (bicyclic) bond motifs is 1. The molecule has 5 rings (SSSR count). The zero-order valence-electron chi connectivity index (χ0n) is 21.4. The van der Waals surface area contributed by atoms with Crippen molar-refractivity contribution in [2.75, 3.05) is 9.80 Å². The summed E-state index contributed by atoms with van der Waals surface area (Å²) in [5.74, 6) is -0.572. The van der Waals surface area contributed by atoms with Gasteiger partial charge in [0, 0.05) is 29.4 Å². The highest BCUT2D eigenvalue weighted by Gasteiger charge is 2.34. The Balaban J connectivity index is 1.43. The summed E-state index contributed by atoms with van der Waals surface area (Å²) in [6.45, 7) is 6.48. The van der Waals surface area contributed by atoms with Crippen molar-refractivity contribution >= 4 is 29.3 Å². The van der Waals surface area contributed by atoms with Crippen LogP contribution >= 0.6 is 0 Å². The van der Waals surface area contributed by atoms with Gasteiger partial charge >= 0.3 is 5.97 Å². The number of carbonyl (C=O) groups is 3. The first-order valence-corrected chi connectivity index (χ1v) is 12.9. The lowest BCUT2D eigenvalue weighted by Crippen LogP contribution is -2.43. The van der Waals surface area contributed by atoms with Crippen molar-refractivity contribution in [2.24, 2.45) is 11.8 Å². The lowest BCUT2D eigenvalue weighted by molar-refractivity contribution is -0.124. The van der Waals surface area contributed by atoms with E-state index in [0.717, 1.165) is 36.9 Å². The third kappa shape index (κ3) is 4.63. The molecule has 1 aromatic heterocycles. The van der Waals surface area contributed by atoms with Crippen molar-refractivity contribution in [3.63, 3.8) is 0 Å². The van der Waals surface area contributed by atoms with Crippen LogP contribution in [0.25, 0.3) is 5.69 Å². The van der Waals surface area contributed by atoms with Crippen LogP contribution in [0.4, 0.5) is 11.5 Å². The summed E-state index contributed by atoms with van der Waals surface area (Å²) in [6.07, 6.45) is 5.08. The van der Waals surface area contributed by atoms with Gasteiger partial charge in [-0.1, -0.05) is 25.1 Å². The van der Waals surface area contributed by atoms with Crippen LogP contribution in [0.2, 0.25) is 0 Å². The Morgan fingerprint density at radius 1 is 1.00 bits per heavy atom. The van der Waals surface area contributed by atoms with Crippen LogP contribution in [0.3, 0.4) is 0 Å². The lowest BCUT2D eigenvalue weighted by Gasteiger charge is -2.32. The normalized spacial score (nSPS) is 19.2. The van der Waals surface area contributed by atoms with Gasteiger partial charge in [-0.15, -0.1) is 5.10 Å². The quantitative estimate of drug-likeness (QED) is 0.496. The molecule has 0 saturated heterocycles. The van der Waals surface area contributed by atoms with Crippen molar-refractivity contribution in [3.8, 4) is 5.69 Å². The zero-order chi connectivity index (χ0) is 26.3. The number of rotatable bonds is 6. The van der Waals surface area contributed by atoms with Crippen LogP contribution in [0, 0.1) is 11.8 Å². The molecule has 0 unspecified atom stereocenters. The maximum atomic E-state index is 13.5. The highest BCUT2D eigenvalue weighted by molar-refractivity contribution is 6.10. The third-order valence-electron chi connectivity index (χ3n) is 7.52. The Morgan fingerprint density at radius 3 is 2.27 bits per heavy atom. The van der Waals surface area contributed by atoms with Gasteiger partial charge in [0.2, 0.25) is 5.91 Å². The summed E-state index contributed by atoms with van der Waals surface area (Å²) < 4.78 is 1.49. The highest BCUT2D eigenvalue weighted by Crippen LogP contribution is 2.33. The minimum Gasteiger partial charge on any atom is -0.477 e. The first-order chi connectivity index (χ1) is 17.7. The average Bonchev–Trinajstić information content (AvgIpc) is 3.47. The van der Waals surface area contributed by atoms with E-state index in [1.54, 1.807) is 21.9 Å². The second-order valence-electron chi connectivity index (χ2n) is 10.4. The maximum absolute atomic E-state index is 13.5. The van der Waals surface area contributed by atoms with E-state index in [1.165, 1.54) is 10.9 Å². The number of aromatic nitrogens is 2. The third-order valence-corrected chi connectivity index (χ3v) is 7.52. The van der Waals surface area contributed by atoms with Gasteiger partial charge in [0.05, 0.1) is 12.2 Å². The fraction of sp³-hybridized carbons (Fsp3) is 0.379. The van der Waals surface area contributed by atoms with Crippen LogP contribution in [-0.4, -0.2) is 38.7 Å². The Kier molecular flexibility index (Phi) is 6.58. The molecule has 1 aliphatic carbocycles. The van der Waals surface area contributed by atoms with Crippen LogP contribution in [0.1, 0.15) is 72.7 Å². The van der Waals surface area contributed by atoms with Crippen molar-refractivity contribution in [1.29, 1.82) is 0 Å². The maximum Gasteiger partial charge on any atom is 0.341 e. The zero-order valence-corrected chi connectivity index (χ0v) is 21.4. The molecule has 8 nitrogen and oxygen atoms in total. The van der Waals surface area contributed by atoms with Crippen LogP contribution in [-0.2, 0) is 11.3 Å². The standard InChI is InChI=1S/C29H32N4O4/c1-18(2)33(27(34)20-10-8-19(3)9-11-20)26-25(29(36)37)17-32(30-26)23-14-12-22(13-15-23)31-16-21-6-4-5-7-24(21)28(31)35/h4-7,12-15,17-20H,8-11,16H2,1-3H3,(H,36,37)/t19-,20-. The molecule has 37 heavy (non-hydrogen) atoms. The lowest BCUT2D eigenvalue weighted by atomic mass is 9.82. The predicted molar refractivity (Wildman–Crippen MR) is 141 cm³/mol. The van der Waals surface area contributed by atoms with E-state index in [-0.39, 0.29) is 35.2 Å². The summed E-state index contributed by atoms with van der Waals surface area (Å²) >= 11 is 0. The number of amides is 2. The fourth-order valence-corrected chi connectivity index (χ4v) is 5.38. The van der Waals surface area contributed by atoms with Crippen molar-refractivity contribution in [3.05, 3.63) is 71.4 Å². The first kappa shape index (κ1) is 24.7. The molecule has 1 fully saturated rings. The van der Waals surface area contributed by atoms with E-state index in [2.05, 4.69) is 12.0 Å². The smallest absolute Gasteiger partial charge is 0.341 e. The van der Waals surface area contributed by atoms with Gasteiger partial charge < -0.3 is 10.0 Å². The predicted octanol–water partition coefficient (Wildman–Crippen LogP) is 5.30. The van der Waals surface area contributed by atoms with E-state index >= 15 is 0 Å². The monoisotopic (exact) mass is 500 g/mol. The van der Waals surface area contributed by atoms with E-state index in [0.29, 0.717) is 23.7 Å². The number of carboxylic acids is 1. The Hall–Kier alpha value is -3.94. The Labute approximate surface area is 216 Å². The number of hydrogen-bond acceptors (Lipinski definition) is 4. The van der Waals surface area contributed by atoms with Gasteiger partial charge in [-0.05, 0) is 81.3 Å². The topological polar surface area (TPSA) is 95.7 Å². The van der Waals surface area contributed by atoms with Crippen molar-refractivity contribution < 1.29 is 19.5 Å². The van der Waals surface area contributed by atoms with Gasteiger partial charge in [0.25, 0.3) is 5.91 Å². The molecule has 2 heterocycles. The molecular weight excluding hydrogens is 468 g/mol. The van der Waals surface area contributed by atoms with E-state index < -0.39 is 5.97 Å². The van der Waals surface area contributed by atoms with Gasteiger partial charge in [-0.25, -0.2) is 9.48 Å². The molecule has 1 aliphatic heterocycles. The summed E-state index contributed by atoms with van der Waals surface area (Å²) in [5.41, 5.74) is 3.08. The molecule has 0 spiro atoms. The molecule has 1 N–H and O–H groups in total. The summed E-state index contributed by atoms with van der Waals surface area (Å²) in [4.78, 5) is 41.8. The largest absolute Gasteiger partial charge is 0.477 e. The average molecular weight is 501 g/mol. The van der Waals surface area contributed by atoms with Gasteiger partial charge in [-0.2, -0.15) is 0 Å².